The molecule has 0 amide bonds. The summed E-state index contributed by atoms with van der Waals surface area (Å²) in [6, 6.07) is 5.17. The van der Waals surface area contributed by atoms with Gasteiger partial charge in [0.1, 0.15) is 17.2 Å². The number of rotatable bonds is 4. The van der Waals surface area contributed by atoms with Gasteiger partial charge in [-0.25, -0.2) is 4.39 Å². The lowest BCUT2D eigenvalue weighted by Crippen LogP contribution is -2.21. The highest BCUT2D eigenvalue weighted by molar-refractivity contribution is 9.10. The topological polar surface area (TPSA) is 25.2 Å². The highest BCUT2D eigenvalue weighted by Gasteiger charge is 2.34. The van der Waals surface area contributed by atoms with E-state index in [1.807, 2.05) is 6.07 Å². The Labute approximate surface area is 114 Å². The van der Waals surface area contributed by atoms with Gasteiger partial charge in [0.15, 0.2) is 0 Å². The SMILES string of the molecule is CCNC(c1cc2cc(F)cc(Br)c2o1)C1CC1. The number of nitrogens with one attached hydrogen (secondary N) is 1. The summed E-state index contributed by atoms with van der Waals surface area (Å²) in [6.45, 7) is 3.00. The molecule has 1 aliphatic rings. The summed E-state index contributed by atoms with van der Waals surface area (Å²) in [7, 11) is 0. The largest absolute Gasteiger partial charge is 0.458 e. The summed E-state index contributed by atoms with van der Waals surface area (Å²) in [6.07, 6.45) is 2.48. The molecule has 1 fully saturated rings. The van der Waals surface area contributed by atoms with Gasteiger partial charge in [0.2, 0.25) is 0 Å². The maximum absolute atomic E-state index is 13.3. The van der Waals surface area contributed by atoms with E-state index in [0.717, 1.165) is 23.3 Å². The molecule has 0 saturated heterocycles. The van der Waals surface area contributed by atoms with Crippen LogP contribution in [0.15, 0.2) is 27.1 Å². The average molecular weight is 312 g/mol. The molecule has 1 heterocycles. The summed E-state index contributed by atoms with van der Waals surface area (Å²) in [5.41, 5.74) is 0.731. The van der Waals surface area contributed by atoms with Crippen molar-refractivity contribution < 1.29 is 8.81 Å². The molecule has 4 heteroatoms. The molecule has 2 aromatic rings. The zero-order chi connectivity index (χ0) is 12.7. The van der Waals surface area contributed by atoms with E-state index in [1.165, 1.54) is 25.0 Å². The molecule has 0 bridgehead atoms. The Morgan fingerprint density at radius 1 is 1.44 bits per heavy atom. The van der Waals surface area contributed by atoms with Crippen LogP contribution in [0, 0.1) is 11.7 Å². The van der Waals surface area contributed by atoms with Crippen molar-refractivity contribution in [2.24, 2.45) is 5.92 Å². The molecule has 0 radical (unpaired) electrons. The highest BCUT2D eigenvalue weighted by Crippen LogP contribution is 2.43. The first kappa shape index (κ1) is 12.2. The maximum Gasteiger partial charge on any atom is 0.148 e. The summed E-state index contributed by atoms with van der Waals surface area (Å²) in [5.74, 6) is 1.34. The van der Waals surface area contributed by atoms with E-state index in [4.69, 9.17) is 4.42 Å². The Kier molecular flexibility index (Phi) is 3.16. The van der Waals surface area contributed by atoms with E-state index >= 15 is 0 Å². The van der Waals surface area contributed by atoms with Crippen LogP contribution in [0.1, 0.15) is 31.6 Å². The molecular weight excluding hydrogens is 297 g/mol. The molecule has 1 aliphatic carbocycles. The number of furan rings is 1. The molecule has 2 nitrogen and oxygen atoms in total. The van der Waals surface area contributed by atoms with E-state index < -0.39 is 0 Å². The van der Waals surface area contributed by atoms with Gasteiger partial charge in [-0.15, -0.1) is 0 Å². The molecule has 96 valence electrons. The van der Waals surface area contributed by atoms with Crippen LogP contribution in [0.3, 0.4) is 0 Å². The third-order valence-corrected chi connectivity index (χ3v) is 3.97. The molecule has 0 spiro atoms. The molecule has 1 aromatic carbocycles. The zero-order valence-corrected chi connectivity index (χ0v) is 11.8. The van der Waals surface area contributed by atoms with Crippen LogP contribution in [0.25, 0.3) is 11.0 Å². The van der Waals surface area contributed by atoms with Crippen LogP contribution in [0.5, 0.6) is 0 Å². The third-order valence-electron chi connectivity index (χ3n) is 3.38. The highest BCUT2D eigenvalue weighted by atomic mass is 79.9. The first-order valence-corrected chi connectivity index (χ1v) is 7.10. The zero-order valence-electron chi connectivity index (χ0n) is 10.2. The predicted octanol–water partition coefficient (Wildman–Crippen LogP) is 4.40. The third kappa shape index (κ3) is 2.19. The monoisotopic (exact) mass is 311 g/mol. The van der Waals surface area contributed by atoms with Crippen LogP contribution < -0.4 is 5.32 Å². The fraction of sp³-hybridized carbons (Fsp3) is 0.429. The summed E-state index contributed by atoms with van der Waals surface area (Å²) < 4.78 is 19.9. The van der Waals surface area contributed by atoms with Crippen LogP contribution in [0.2, 0.25) is 0 Å². The minimum absolute atomic E-state index is 0.242. The van der Waals surface area contributed by atoms with Crippen LogP contribution in [-0.4, -0.2) is 6.54 Å². The first-order chi connectivity index (χ1) is 8.69. The minimum atomic E-state index is -0.242. The lowest BCUT2D eigenvalue weighted by atomic mass is 10.1. The van der Waals surface area contributed by atoms with Gasteiger partial charge in [-0.05, 0) is 59.4 Å². The number of halogens is 2. The van der Waals surface area contributed by atoms with E-state index in [2.05, 4.69) is 28.2 Å². The molecule has 1 N–H and O–H groups in total. The summed E-state index contributed by atoms with van der Waals surface area (Å²) in [5, 5.41) is 4.27. The number of fused-ring (bicyclic) bond motifs is 1. The van der Waals surface area contributed by atoms with Crippen molar-refractivity contribution in [2.75, 3.05) is 6.54 Å². The normalized spacial score (nSPS) is 17.3. The Morgan fingerprint density at radius 3 is 2.89 bits per heavy atom. The van der Waals surface area contributed by atoms with Crippen molar-refractivity contribution in [3.8, 4) is 0 Å². The number of hydrogen-bond acceptors (Lipinski definition) is 2. The van der Waals surface area contributed by atoms with E-state index in [1.54, 1.807) is 0 Å². The average Bonchev–Trinajstić information content (AvgIpc) is 3.06. The van der Waals surface area contributed by atoms with Crippen LogP contribution in [0.4, 0.5) is 4.39 Å². The summed E-state index contributed by atoms with van der Waals surface area (Å²) in [4.78, 5) is 0. The standard InChI is InChI=1S/C14H15BrFNO/c1-2-17-13(8-3-4-8)12-6-9-5-10(16)7-11(15)14(9)18-12/h5-8,13,17H,2-4H2,1H3. The van der Waals surface area contributed by atoms with Crippen molar-refractivity contribution in [2.45, 2.75) is 25.8 Å². The molecular formula is C14H15BrFNO. The number of benzene rings is 1. The lowest BCUT2D eigenvalue weighted by Gasteiger charge is -2.13. The van der Waals surface area contributed by atoms with E-state index in [-0.39, 0.29) is 11.9 Å². The quantitative estimate of drug-likeness (QED) is 0.905. The van der Waals surface area contributed by atoms with E-state index in [0.29, 0.717) is 10.4 Å². The predicted molar refractivity (Wildman–Crippen MR) is 73.0 cm³/mol. The number of hydrogen-bond donors (Lipinski definition) is 1. The van der Waals surface area contributed by atoms with Crippen LogP contribution >= 0.6 is 15.9 Å². The Hall–Kier alpha value is -0.870. The van der Waals surface area contributed by atoms with Gasteiger partial charge in [0, 0.05) is 5.39 Å². The Balaban J connectivity index is 2.03. The molecule has 0 aliphatic heterocycles. The van der Waals surface area contributed by atoms with Gasteiger partial charge < -0.3 is 9.73 Å². The van der Waals surface area contributed by atoms with Gasteiger partial charge >= 0.3 is 0 Å². The molecule has 1 aromatic heterocycles. The lowest BCUT2D eigenvalue weighted by molar-refractivity contribution is 0.403. The second-order valence-corrected chi connectivity index (χ2v) is 5.68. The van der Waals surface area contributed by atoms with Crippen molar-refractivity contribution in [3.05, 3.63) is 34.2 Å². The summed E-state index contributed by atoms with van der Waals surface area (Å²) >= 11 is 3.35. The van der Waals surface area contributed by atoms with Crippen molar-refractivity contribution in [3.63, 3.8) is 0 Å². The second kappa shape index (κ2) is 4.67. The van der Waals surface area contributed by atoms with Crippen molar-refractivity contribution >= 4 is 26.9 Å². The van der Waals surface area contributed by atoms with E-state index in [9.17, 15) is 4.39 Å². The van der Waals surface area contributed by atoms with Crippen LogP contribution in [-0.2, 0) is 0 Å². The second-order valence-electron chi connectivity index (χ2n) is 4.83. The molecule has 1 unspecified atom stereocenters. The fourth-order valence-corrected chi connectivity index (χ4v) is 2.93. The molecule has 1 atom stereocenters. The van der Waals surface area contributed by atoms with Crippen molar-refractivity contribution in [1.29, 1.82) is 0 Å². The minimum Gasteiger partial charge on any atom is -0.458 e. The van der Waals surface area contributed by atoms with Gasteiger partial charge in [0.25, 0.3) is 0 Å². The van der Waals surface area contributed by atoms with Gasteiger partial charge in [0.05, 0.1) is 10.5 Å². The maximum atomic E-state index is 13.3. The Bertz CT molecular complexity index is 576. The van der Waals surface area contributed by atoms with Gasteiger partial charge in [-0.1, -0.05) is 6.92 Å². The smallest absolute Gasteiger partial charge is 0.148 e. The van der Waals surface area contributed by atoms with Gasteiger partial charge in [-0.2, -0.15) is 0 Å². The molecule has 3 rings (SSSR count). The van der Waals surface area contributed by atoms with Crippen molar-refractivity contribution in [1.82, 2.24) is 5.32 Å². The van der Waals surface area contributed by atoms with Gasteiger partial charge in [-0.3, -0.25) is 0 Å². The molecule has 1 saturated carbocycles. The first-order valence-electron chi connectivity index (χ1n) is 6.31. The molecule has 18 heavy (non-hydrogen) atoms. The fourth-order valence-electron chi connectivity index (χ4n) is 2.40. The Morgan fingerprint density at radius 2 is 2.22 bits per heavy atom.